The minimum Gasteiger partial charge on any atom is -0.389 e. The second-order valence-electron chi connectivity index (χ2n) is 5.33. The van der Waals surface area contributed by atoms with E-state index >= 15 is 0 Å². The highest BCUT2D eigenvalue weighted by molar-refractivity contribution is 7.80. The maximum atomic E-state index is 5.86. The predicted octanol–water partition coefficient (Wildman–Crippen LogP) is 1.44. The van der Waals surface area contributed by atoms with Gasteiger partial charge in [-0.3, -0.25) is 4.98 Å². The zero-order chi connectivity index (χ0) is 14.8. The average Bonchev–Trinajstić information content (AvgIpc) is 2.49. The molecular weight excluding hydrogens is 282 g/mol. The van der Waals surface area contributed by atoms with Crippen molar-refractivity contribution >= 4 is 33.8 Å². The van der Waals surface area contributed by atoms with Crippen LogP contribution in [0.3, 0.4) is 0 Å². The van der Waals surface area contributed by atoms with Crippen LogP contribution in [0.5, 0.6) is 0 Å². The van der Waals surface area contributed by atoms with Crippen LogP contribution < -0.4 is 11.2 Å². The number of thiocarbonyl (C=S) groups is 1. The molecule has 0 bridgehead atoms. The van der Waals surface area contributed by atoms with Crippen molar-refractivity contribution < 1.29 is 0 Å². The number of benzene rings is 1. The third kappa shape index (κ3) is 2.97. The molecule has 1 saturated heterocycles. The summed E-state index contributed by atoms with van der Waals surface area (Å²) in [5, 5.41) is 3.26. The summed E-state index contributed by atoms with van der Waals surface area (Å²) < 4.78 is 0. The van der Waals surface area contributed by atoms with Crippen LogP contribution in [0.2, 0.25) is 0 Å². The molecular formula is C15H19N5S. The molecule has 0 radical (unpaired) electrons. The van der Waals surface area contributed by atoms with Gasteiger partial charge in [0.15, 0.2) is 0 Å². The largest absolute Gasteiger partial charge is 0.389 e. The number of hydrogen-bond acceptors (Lipinski definition) is 5. The number of hydrazine groups is 1. The predicted molar refractivity (Wildman–Crippen MR) is 90.3 cm³/mol. The van der Waals surface area contributed by atoms with Crippen molar-refractivity contribution in [2.45, 2.75) is 0 Å². The van der Waals surface area contributed by atoms with E-state index in [-0.39, 0.29) is 0 Å². The van der Waals surface area contributed by atoms with Crippen LogP contribution in [0.4, 0.5) is 5.69 Å². The number of rotatable bonds is 3. The van der Waals surface area contributed by atoms with E-state index in [2.05, 4.69) is 27.4 Å². The fraction of sp³-hybridized carbons (Fsp3) is 0.333. The zero-order valence-electron chi connectivity index (χ0n) is 12.0. The topological polar surface area (TPSA) is 57.4 Å². The van der Waals surface area contributed by atoms with Gasteiger partial charge < -0.3 is 16.1 Å². The number of anilines is 1. The first-order chi connectivity index (χ1) is 10.1. The summed E-state index contributed by atoms with van der Waals surface area (Å²) in [6.45, 7) is 4.00. The molecule has 0 amide bonds. The molecule has 1 aromatic carbocycles. The fourth-order valence-electron chi connectivity index (χ4n) is 2.52. The maximum absolute atomic E-state index is 5.86. The first-order valence-corrected chi connectivity index (χ1v) is 7.43. The summed E-state index contributed by atoms with van der Waals surface area (Å²) in [5.74, 6) is 0. The van der Waals surface area contributed by atoms with E-state index in [1.807, 2.05) is 24.3 Å². The van der Waals surface area contributed by atoms with Crippen molar-refractivity contribution in [3.05, 3.63) is 36.0 Å². The maximum Gasteiger partial charge on any atom is 0.107 e. The highest BCUT2D eigenvalue weighted by Crippen LogP contribution is 2.26. The lowest BCUT2D eigenvalue weighted by atomic mass is 10.1. The summed E-state index contributed by atoms with van der Waals surface area (Å²) in [4.78, 5) is 7.12. The van der Waals surface area contributed by atoms with Gasteiger partial charge >= 0.3 is 0 Å². The number of likely N-dealkylation sites (N-methyl/N-ethyl adjacent to an activating group) is 1. The monoisotopic (exact) mass is 301 g/mol. The van der Waals surface area contributed by atoms with Gasteiger partial charge in [-0.25, -0.2) is 5.01 Å². The molecule has 1 aliphatic rings. The van der Waals surface area contributed by atoms with Crippen LogP contribution in [-0.2, 0) is 0 Å². The van der Waals surface area contributed by atoms with E-state index in [4.69, 9.17) is 18.0 Å². The van der Waals surface area contributed by atoms with Crippen LogP contribution in [-0.4, -0.2) is 53.1 Å². The minimum atomic E-state index is 0.366. The number of nitrogens with one attached hydrogen (secondary N) is 1. The number of hydrogen-bond donors (Lipinski definition) is 2. The Morgan fingerprint density at radius 1 is 1.24 bits per heavy atom. The van der Waals surface area contributed by atoms with Gasteiger partial charge in [0.05, 0.1) is 16.8 Å². The Morgan fingerprint density at radius 2 is 1.95 bits per heavy atom. The number of nitrogens with two attached hydrogens (primary N) is 1. The zero-order valence-corrected chi connectivity index (χ0v) is 12.9. The number of para-hydroxylation sites is 1. The fourth-order valence-corrected chi connectivity index (χ4v) is 2.68. The average molecular weight is 301 g/mol. The molecule has 110 valence electrons. The number of pyridine rings is 1. The van der Waals surface area contributed by atoms with Gasteiger partial charge in [-0.2, -0.15) is 0 Å². The number of nitrogens with zero attached hydrogens (tertiary/aromatic N) is 3. The van der Waals surface area contributed by atoms with Crippen LogP contribution >= 0.6 is 12.2 Å². The SMILES string of the molecule is CN1CCN(Nc2c(C(N)=S)cnc3ccccc23)CC1. The van der Waals surface area contributed by atoms with Gasteiger partial charge in [0, 0.05) is 37.8 Å². The molecule has 0 saturated carbocycles. The minimum absolute atomic E-state index is 0.366. The summed E-state index contributed by atoms with van der Waals surface area (Å²) in [7, 11) is 2.14. The Bertz CT molecular complexity index is 664. The molecule has 6 heteroatoms. The normalized spacial score (nSPS) is 17.0. The summed E-state index contributed by atoms with van der Waals surface area (Å²) in [5.41, 5.74) is 12.0. The molecule has 0 unspecified atom stereocenters. The second kappa shape index (κ2) is 5.93. The van der Waals surface area contributed by atoms with Gasteiger partial charge in [0.1, 0.15) is 4.99 Å². The van der Waals surface area contributed by atoms with Crippen molar-refractivity contribution in [1.82, 2.24) is 14.9 Å². The van der Waals surface area contributed by atoms with Gasteiger partial charge in [0.25, 0.3) is 0 Å². The third-order valence-corrected chi connectivity index (χ3v) is 4.03. The first-order valence-electron chi connectivity index (χ1n) is 7.03. The highest BCUT2D eigenvalue weighted by atomic mass is 32.1. The standard InChI is InChI=1S/C15H19N5S/c1-19-6-8-20(9-7-19)18-14-11-4-2-3-5-13(11)17-10-12(14)15(16)21/h2-5,10H,6-9H2,1H3,(H2,16,21)(H,17,18). The first kappa shape index (κ1) is 14.2. The Kier molecular flexibility index (Phi) is 4.01. The number of piperazine rings is 1. The van der Waals surface area contributed by atoms with Crippen LogP contribution in [0.15, 0.2) is 30.5 Å². The van der Waals surface area contributed by atoms with E-state index in [1.165, 1.54) is 0 Å². The summed E-state index contributed by atoms with van der Waals surface area (Å²) in [6.07, 6.45) is 1.75. The summed E-state index contributed by atoms with van der Waals surface area (Å²) in [6, 6.07) is 8.02. The van der Waals surface area contributed by atoms with Gasteiger partial charge in [-0.05, 0) is 13.1 Å². The lowest BCUT2D eigenvalue weighted by Gasteiger charge is -2.33. The van der Waals surface area contributed by atoms with E-state index in [0.717, 1.165) is 48.3 Å². The molecule has 21 heavy (non-hydrogen) atoms. The molecule has 2 aromatic rings. The Balaban J connectivity index is 1.98. The number of fused-ring (bicyclic) bond motifs is 1. The molecule has 0 spiro atoms. The second-order valence-corrected chi connectivity index (χ2v) is 5.77. The molecule has 1 fully saturated rings. The molecule has 2 heterocycles. The Morgan fingerprint density at radius 3 is 2.67 bits per heavy atom. The van der Waals surface area contributed by atoms with Gasteiger partial charge in [-0.15, -0.1) is 0 Å². The van der Waals surface area contributed by atoms with E-state index in [0.29, 0.717) is 4.99 Å². The Labute approximate surface area is 129 Å². The van der Waals surface area contributed by atoms with Crippen LogP contribution in [0, 0.1) is 0 Å². The lowest BCUT2D eigenvalue weighted by molar-refractivity contribution is 0.179. The molecule has 0 aliphatic carbocycles. The van der Waals surface area contributed by atoms with Crippen molar-refractivity contribution in [2.75, 3.05) is 38.7 Å². The van der Waals surface area contributed by atoms with E-state index in [1.54, 1.807) is 6.20 Å². The number of aromatic nitrogens is 1. The Hall–Kier alpha value is -1.76. The smallest absolute Gasteiger partial charge is 0.107 e. The van der Waals surface area contributed by atoms with Crippen molar-refractivity contribution in [3.8, 4) is 0 Å². The van der Waals surface area contributed by atoms with Crippen molar-refractivity contribution in [1.29, 1.82) is 0 Å². The third-order valence-electron chi connectivity index (χ3n) is 3.81. The molecule has 1 aromatic heterocycles. The molecule has 5 nitrogen and oxygen atoms in total. The van der Waals surface area contributed by atoms with E-state index in [9.17, 15) is 0 Å². The molecule has 3 N–H and O–H groups in total. The van der Waals surface area contributed by atoms with Crippen LogP contribution in [0.25, 0.3) is 10.9 Å². The van der Waals surface area contributed by atoms with Crippen LogP contribution in [0.1, 0.15) is 5.56 Å². The molecule has 0 atom stereocenters. The quantitative estimate of drug-likeness (QED) is 0.837. The van der Waals surface area contributed by atoms with Gasteiger partial charge in [0.2, 0.25) is 0 Å². The van der Waals surface area contributed by atoms with Crippen molar-refractivity contribution in [2.24, 2.45) is 5.73 Å². The summed E-state index contributed by atoms with van der Waals surface area (Å²) >= 11 is 5.17. The molecule has 3 rings (SSSR count). The van der Waals surface area contributed by atoms with E-state index < -0.39 is 0 Å². The lowest BCUT2D eigenvalue weighted by Crippen LogP contribution is -2.47. The molecule has 1 aliphatic heterocycles. The van der Waals surface area contributed by atoms with Crippen molar-refractivity contribution in [3.63, 3.8) is 0 Å². The highest BCUT2D eigenvalue weighted by Gasteiger charge is 2.17. The van der Waals surface area contributed by atoms with Gasteiger partial charge in [-0.1, -0.05) is 30.4 Å².